The molecule has 0 unspecified atom stereocenters. The number of carboxylic acid groups (broad SMARTS) is 1. The molecule has 3 aromatic rings. The molecule has 0 bridgehead atoms. The fourth-order valence-electron chi connectivity index (χ4n) is 5.47. The van der Waals surface area contributed by atoms with Crippen molar-refractivity contribution in [3.05, 3.63) is 66.2 Å². The summed E-state index contributed by atoms with van der Waals surface area (Å²) in [5, 5.41) is 23.5. The van der Waals surface area contributed by atoms with Crippen LogP contribution >= 0.6 is 0 Å². The van der Waals surface area contributed by atoms with Crippen LogP contribution in [0.5, 0.6) is 11.5 Å². The summed E-state index contributed by atoms with van der Waals surface area (Å²) in [4.78, 5) is 27.8. The Kier molecular flexibility index (Phi) is 6.83. The van der Waals surface area contributed by atoms with Gasteiger partial charge in [0.05, 0.1) is 12.0 Å². The molecule has 1 aliphatic carbocycles. The van der Waals surface area contributed by atoms with Gasteiger partial charge in [-0.3, -0.25) is 9.69 Å². The van der Waals surface area contributed by atoms with Gasteiger partial charge in [-0.25, -0.2) is 4.79 Å². The number of aliphatic carboxylic acids is 1. The molecule has 1 saturated carbocycles. The first-order chi connectivity index (χ1) is 17.4. The number of benzene rings is 3. The summed E-state index contributed by atoms with van der Waals surface area (Å²) < 4.78 is 11.0. The number of anilines is 1. The number of hydrogen-bond donors (Lipinski definition) is 2. The fourth-order valence-corrected chi connectivity index (χ4v) is 5.47. The van der Waals surface area contributed by atoms with Crippen LogP contribution < -0.4 is 14.4 Å². The second-order valence-corrected chi connectivity index (χ2v) is 9.73. The van der Waals surface area contributed by atoms with Crippen molar-refractivity contribution < 1.29 is 29.3 Å². The zero-order chi connectivity index (χ0) is 25.2. The number of nitrogens with zero attached hydrogens (tertiary/aromatic N) is 1. The molecule has 3 atom stereocenters. The Labute approximate surface area is 210 Å². The molecule has 0 saturated heterocycles. The number of ether oxygens (including phenoxy) is 2. The highest BCUT2D eigenvalue weighted by Gasteiger charge is 2.40. The second kappa shape index (κ2) is 10.2. The van der Waals surface area contributed by atoms with Crippen molar-refractivity contribution in [1.82, 2.24) is 0 Å². The number of aliphatic hydroxyl groups is 1. The highest BCUT2D eigenvalue weighted by Crippen LogP contribution is 2.40. The number of carboxylic acids is 1. The predicted octanol–water partition coefficient (Wildman–Crippen LogP) is 5.10. The van der Waals surface area contributed by atoms with E-state index in [2.05, 4.69) is 0 Å². The Morgan fingerprint density at radius 1 is 0.917 bits per heavy atom. The number of fused-ring (bicyclic) bond motifs is 2. The summed E-state index contributed by atoms with van der Waals surface area (Å²) >= 11 is 0. The maximum atomic E-state index is 14.3. The van der Waals surface area contributed by atoms with Crippen molar-refractivity contribution in [3.63, 3.8) is 0 Å². The van der Waals surface area contributed by atoms with Crippen LogP contribution in [-0.2, 0) is 9.59 Å². The molecule has 7 heteroatoms. The molecule has 0 spiro atoms. The van der Waals surface area contributed by atoms with Gasteiger partial charge in [0.15, 0.2) is 11.5 Å². The summed E-state index contributed by atoms with van der Waals surface area (Å²) in [6.45, 7) is 1.60. The average Bonchev–Trinajstić information content (AvgIpc) is 3.37. The highest BCUT2D eigenvalue weighted by atomic mass is 16.7. The lowest BCUT2D eigenvalue weighted by Crippen LogP contribution is -2.49. The SMILES string of the molecule is C[C@@H](C(=O)O)N(C(=O)[C@H](c1ccc2c(c1)OCO2)[C@H](O)C1CCCCC1)c1ccc2ccccc2c1. The quantitative estimate of drug-likeness (QED) is 0.479. The standard InChI is InChI=1S/C29H31NO6/c1-18(29(33)34)30(23-13-11-19-7-5-6-10-21(19)15-23)28(32)26(27(31)20-8-3-2-4-9-20)22-12-14-24-25(16-22)36-17-35-24/h5-7,10-16,18,20,26-27,31H,2-4,8-9,17H2,1H3,(H,33,34)/t18-,26+,27+/m0/s1. The third kappa shape index (κ3) is 4.63. The lowest BCUT2D eigenvalue weighted by Gasteiger charge is -2.36. The molecule has 7 nitrogen and oxygen atoms in total. The minimum absolute atomic E-state index is 0.0447. The molecule has 2 N–H and O–H groups in total. The zero-order valence-corrected chi connectivity index (χ0v) is 20.3. The minimum Gasteiger partial charge on any atom is -0.480 e. The zero-order valence-electron chi connectivity index (χ0n) is 20.3. The second-order valence-electron chi connectivity index (χ2n) is 9.73. The highest BCUT2D eigenvalue weighted by molar-refractivity contribution is 6.04. The summed E-state index contributed by atoms with van der Waals surface area (Å²) in [6.07, 6.45) is 3.83. The first-order valence-electron chi connectivity index (χ1n) is 12.6. The molecule has 36 heavy (non-hydrogen) atoms. The molecule has 5 rings (SSSR count). The number of rotatable bonds is 7. The van der Waals surface area contributed by atoms with E-state index in [0.717, 1.165) is 42.9 Å². The molecule has 1 amide bonds. The number of aliphatic hydroxyl groups excluding tert-OH is 1. The van der Waals surface area contributed by atoms with Crippen molar-refractivity contribution in [2.75, 3.05) is 11.7 Å². The van der Waals surface area contributed by atoms with E-state index in [0.29, 0.717) is 22.7 Å². The van der Waals surface area contributed by atoms with Gasteiger partial charge in [-0.15, -0.1) is 0 Å². The lowest BCUT2D eigenvalue weighted by molar-refractivity contribution is -0.140. The van der Waals surface area contributed by atoms with E-state index < -0.39 is 29.9 Å². The van der Waals surface area contributed by atoms with Crippen LogP contribution in [0.1, 0.15) is 50.5 Å². The van der Waals surface area contributed by atoms with E-state index in [-0.39, 0.29) is 12.7 Å². The summed E-state index contributed by atoms with van der Waals surface area (Å²) in [5.41, 5.74) is 1.07. The van der Waals surface area contributed by atoms with Crippen LogP contribution in [0.2, 0.25) is 0 Å². The van der Waals surface area contributed by atoms with Crippen molar-refractivity contribution in [2.45, 2.75) is 57.1 Å². The molecule has 188 valence electrons. The first-order valence-corrected chi connectivity index (χ1v) is 12.6. The topological polar surface area (TPSA) is 96.3 Å². The van der Waals surface area contributed by atoms with E-state index in [1.807, 2.05) is 36.4 Å². The molecule has 2 aliphatic rings. The molecule has 0 aromatic heterocycles. The van der Waals surface area contributed by atoms with Gasteiger partial charge in [0.25, 0.3) is 0 Å². The Bertz CT molecular complexity index is 1270. The number of hydrogen-bond acceptors (Lipinski definition) is 5. The van der Waals surface area contributed by atoms with Crippen LogP contribution in [0, 0.1) is 5.92 Å². The molecular weight excluding hydrogens is 458 g/mol. The first kappa shape index (κ1) is 24.1. The van der Waals surface area contributed by atoms with E-state index in [4.69, 9.17) is 9.47 Å². The van der Waals surface area contributed by atoms with Gasteiger partial charge in [-0.2, -0.15) is 0 Å². The van der Waals surface area contributed by atoms with Crippen LogP contribution in [0.15, 0.2) is 60.7 Å². The molecule has 1 heterocycles. The third-order valence-corrected chi connectivity index (χ3v) is 7.49. The number of amides is 1. The van der Waals surface area contributed by atoms with E-state index in [1.165, 1.54) is 11.8 Å². The van der Waals surface area contributed by atoms with Crippen molar-refractivity contribution in [1.29, 1.82) is 0 Å². The van der Waals surface area contributed by atoms with Gasteiger partial charge in [-0.1, -0.05) is 55.7 Å². The Morgan fingerprint density at radius 2 is 1.64 bits per heavy atom. The normalized spacial score (nSPS) is 17.9. The molecule has 0 radical (unpaired) electrons. The molecular formula is C29H31NO6. The predicted molar refractivity (Wildman–Crippen MR) is 136 cm³/mol. The molecule has 1 fully saturated rings. The van der Waals surface area contributed by atoms with Crippen LogP contribution in [-0.4, -0.2) is 41.0 Å². The lowest BCUT2D eigenvalue weighted by atomic mass is 9.77. The maximum Gasteiger partial charge on any atom is 0.326 e. The smallest absolute Gasteiger partial charge is 0.326 e. The van der Waals surface area contributed by atoms with Crippen molar-refractivity contribution in [2.24, 2.45) is 5.92 Å². The Morgan fingerprint density at radius 3 is 2.39 bits per heavy atom. The van der Waals surface area contributed by atoms with E-state index in [9.17, 15) is 19.8 Å². The summed E-state index contributed by atoms with van der Waals surface area (Å²) in [7, 11) is 0. The fraction of sp³-hybridized carbons (Fsp3) is 0.379. The van der Waals surface area contributed by atoms with Gasteiger partial charge in [0.2, 0.25) is 12.7 Å². The van der Waals surface area contributed by atoms with Gasteiger partial charge >= 0.3 is 5.97 Å². The van der Waals surface area contributed by atoms with Crippen LogP contribution in [0.3, 0.4) is 0 Å². The van der Waals surface area contributed by atoms with Crippen LogP contribution in [0.25, 0.3) is 10.8 Å². The molecule has 3 aromatic carbocycles. The molecule has 1 aliphatic heterocycles. The summed E-state index contributed by atoms with van der Waals surface area (Å²) in [5.74, 6) is -1.45. The van der Waals surface area contributed by atoms with Gasteiger partial charge in [0, 0.05) is 5.69 Å². The average molecular weight is 490 g/mol. The monoisotopic (exact) mass is 489 g/mol. The largest absolute Gasteiger partial charge is 0.480 e. The minimum atomic E-state index is -1.13. The maximum absolute atomic E-state index is 14.3. The van der Waals surface area contributed by atoms with E-state index in [1.54, 1.807) is 24.3 Å². The van der Waals surface area contributed by atoms with Crippen molar-refractivity contribution in [3.8, 4) is 11.5 Å². The van der Waals surface area contributed by atoms with E-state index >= 15 is 0 Å². The van der Waals surface area contributed by atoms with Crippen LogP contribution in [0.4, 0.5) is 5.69 Å². The van der Waals surface area contributed by atoms with Crippen molar-refractivity contribution >= 4 is 28.3 Å². The van der Waals surface area contributed by atoms with Gasteiger partial charge in [-0.05, 0) is 66.3 Å². The summed E-state index contributed by atoms with van der Waals surface area (Å²) in [6, 6.07) is 17.3. The van der Waals surface area contributed by atoms with Gasteiger partial charge < -0.3 is 19.7 Å². The number of carbonyl (C=O) groups excluding carboxylic acids is 1. The Hall–Kier alpha value is -3.58. The van der Waals surface area contributed by atoms with Gasteiger partial charge in [0.1, 0.15) is 6.04 Å². The number of carbonyl (C=O) groups is 2. The Balaban J connectivity index is 1.59. The third-order valence-electron chi connectivity index (χ3n) is 7.49.